The Morgan fingerprint density at radius 2 is 2.27 bits per heavy atom. The van der Waals surface area contributed by atoms with E-state index in [0.29, 0.717) is 11.8 Å². The van der Waals surface area contributed by atoms with Gasteiger partial charge < -0.3 is 10.4 Å². The lowest BCUT2D eigenvalue weighted by atomic mass is 9.84. The van der Waals surface area contributed by atoms with Gasteiger partial charge >= 0.3 is 0 Å². The molecule has 1 aliphatic heterocycles. The van der Waals surface area contributed by atoms with Gasteiger partial charge in [-0.1, -0.05) is 0 Å². The van der Waals surface area contributed by atoms with Crippen LogP contribution in [0.25, 0.3) is 0 Å². The van der Waals surface area contributed by atoms with E-state index in [2.05, 4.69) is 32.7 Å². The van der Waals surface area contributed by atoms with Crippen molar-refractivity contribution < 1.29 is 5.11 Å². The molecule has 1 fully saturated rings. The first kappa shape index (κ1) is 11.6. The third kappa shape index (κ3) is 2.81. The van der Waals surface area contributed by atoms with Crippen molar-refractivity contribution in [2.45, 2.75) is 18.8 Å². The summed E-state index contributed by atoms with van der Waals surface area (Å²) in [6.07, 6.45) is 2.36. The molecule has 1 atom stereocenters. The molecule has 0 spiro atoms. The Hall–Kier alpha value is 0.1000. The van der Waals surface area contributed by atoms with E-state index < -0.39 is 0 Å². The minimum absolute atomic E-state index is 0.275. The van der Waals surface area contributed by atoms with Crippen LogP contribution in [0, 0.1) is 5.92 Å². The van der Waals surface area contributed by atoms with Gasteiger partial charge in [-0.15, -0.1) is 11.3 Å². The fourth-order valence-electron chi connectivity index (χ4n) is 2.24. The summed E-state index contributed by atoms with van der Waals surface area (Å²) in [5.41, 5.74) is 0. The molecule has 15 heavy (non-hydrogen) atoms. The van der Waals surface area contributed by atoms with Gasteiger partial charge in [0.2, 0.25) is 0 Å². The highest BCUT2D eigenvalue weighted by Crippen LogP contribution is 2.35. The smallest absolute Gasteiger partial charge is 0.0510 e. The largest absolute Gasteiger partial charge is 0.396 e. The Balaban J connectivity index is 2.08. The second kappa shape index (κ2) is 5.43. The lowest BCUT2D eigenvalue weighted by Crippen LogP contribution is -2.31. The van der Waals surface area contributed by atoms with Gasteiger partial charge in [0.25, 0.3) is 0 Å². The number of hydrogen-bond acceptors (Lipinski definition) is 3. The van der Waals surface area contributed by atoms with E-state index in [9.17, 15) is 5.11 Å². The van der Waals surface area contributed by atoms with Gasteiger partial charge in [0.15, 0.2) is 0 Å². The lowest BCUT2D eigenvalue weighted by molar-refractivity contribution is 0.203. The topological polar surface area (TPSA) is 32.3 Å². The molecule has 1 aliphatic rings. The summed E-state index contributed by atoms with van der Waals surface area (Å²) in [6, 6.07) is 2.15. The van der Waals surface area contributed by atoms with E-state index >= 15 is 0 Å². The zero-order chi connectivity index (χ0) is 10.7. The van der Waals surface area contributed by atoms with E-state index in [1.165, 1.54) is 17.7 Å². The maximum Gasteiger partial charge on any atom is 0.0510 e. The second-order valence-corrected chi connectivity index (χ2v) is 5.90. The summed E-state index contributed by atoms with van der Waals surface area (Å²) < 4.78 is 1.13. The SMILES string of the molecule is OCC(c1cc(Br)cs1)C1CCNCC1. The van der Waals surface area contributed by atoms with Crippen LogP contribution in [0.3, 0.4) is 0 Å². The van der Waals surface area contributed by atoms with Crippen LogP contribution in [-0.2, 0) is 0 Å². The second-order valence-electron chi connectivity index (χ2n) is 4.04. The molecule has 0 amide bonds. The van der Waals surface area contributed by atoms with E-state index in [1.54, 1.807) is 11.3 Å². The summed E-state index contributed by atoms with van der Waals surface area (Å²) >= 11 is 5.22. The predicted octanol–water partition coefficient (Wildman–Crippen LogP) is 2.59. The molecule has 0 saturated carbocycles. The number of halogens is 1. The van der Waals surface area contributed by atoms with Crippen LogP contribution in [0.2, 0.25) is 0 Å². The van der Waals surface area contributed by atoms with Gasteiger partial charge in [0.05, 0.1) is 6.61 Å². The summed E-state index contributed by atoms with van der Waals surface area (Å²) in [5.74, 6) is 0.977. The van der Waals surface area contributed by atoms with Gasteiger partial charge in [-0.25, -0.2) is 0 Å². The average Bonchev–Trinajstić information content (AvgIpc) is 2.68. The number of aliphatic hydroxyl groups excluding tert-OH is 1. The highest BCUT2D eigenvalue weighted by molar-refractivity contribution is 9.10. The molecule has 1 aromatic rings. The standard InChI is InChI=1S/C11H16BrNOS/c12-9-5-11(15-7-9)10(6-14)8-1-3-13-4-2-8/h5,7-8,10,13-14H,1-4,6H2. The maximum atomic E-state index is 9.51. The van der Waals surface area contributed by atoms with Crippen molar-refractivity contribution in [3.05, 3.63) is 20.8 Å². The normalized spacial score (nSPS) is 20.4. The first-order valence-corrected chi connectivity index (χ1v) is 7.04. The van der Waals surface area contributed by atoms with Crippen LogP contribution in [0.5, 0.6) is 0 Å². The first-order valence-electron chi connectivity index (χ1n) is 5.36. The summed E-state index contributed by atoms with van der Waals surface area (Å²) in [7, 11) is 0. The van der Waals surface area contributed by atoms with Crippen molar-refractivity contribution in [2.75, 3.05) is 19.7 Å². The van der Waals surface area contributed by atoms with Crippen molar-refractivity contribution in [1.29, 1.82) is 0 Å². The number of nitrogens with one attached hydrogen (secondary N) is 1. The summed E-state index contributed by atoms with van der Waals surface area (Å²) in [5, 5.41) is 15.0. The molecule has 2 rings (SSSR count). The molecule has 2 nitrogen and oxygen atoms in total. The fraction of sp³-hybridized carbons (Fsp3) is 0.636. The maximum absolute atomic E-state index is 9.51. The Kier molecular flexibility index (Phi) is 4.20. The molecule has 0 aromatic carbocycles. The molecule has 1 aromatic heterocycles. The van der Waals surface area contributed by atoms with Crippen LogP contribution >= 0.6 is 27.3 Å². The first-order chi connectivity index (χ1) is 7.31. The average molecular weight is 290 g/mol. The highest BCUT2D eigenvalue weighted by Gasteiger charge is 2.25. The Labute approximate surface area is 103 Å². The molecule has 4 heteroatoms. The molecular formula is C11H16BrNOS. The minimum atomic E-state index is 0.275. The van der Waals surface area contributed by atoms with Crippen LogP contribution < -0.4 is 5.32 Å². The van der Waals surface area contributed by atoms with Gasteiger partial charge in [-0.2, -0.15) is 0 Å². The molecular weight excluding hydrogens is 274 g/mol. The lowest BCUT2D eigenvalue weighted by Gasteiger charge is -2.28. The summed E-state index contributed by atoms with van der Waals surface area (Å²) in [4.78, 5) is 1.32. The van der Waals surface area contributed by atoms with Crippen molar-refractivity contribution in [1.82, 2.24) is 5.32 Å². The van der Waals surface area contributed by atoms with Crippen molar-refractivity contribution in [3.63, 3.8) is 0 Å². The van der Waals surface area contributed by atoms with Gasteiger partial charge in [0.1, 0.15) is 0 Å². The molecule has 1 unspecified atom stereocenters. The number of rotatable bonds is 3. The van der Waals surface area contributed by atoms with Crippen LogP contribution in [0.15, 0.2) is 15.9 Å². The Bertz CT molecular complexity index is 309. The van der Waals surface area contributed by atoms with E-state index in [-0.39, 0.29) is 6.61 Å². The number of piperidine rings is 1. The molecule has 1 saturated heterocycles. The van der Waals surface area contributed by atoms with Crippen molar-refractivity contribution >= 4 is 27.3 Å². The zero-order valence-electron chi connectivity index (χ0n) is 8.58. The van der Waals surface area contributed by atoms with Gasteiger partial charge in [0, 0.05) is 20.6 Å². The minimum Gasteiger partial charge on any atom is -0.396 e. The molecule has 0 radical (unpaired) electrons. The van der Waals surface area contributed by atoms with Crippen molar-refractivity contribution in [2.24, 2.45) is 5.92 Å². The van der Waals surface area contributed by atoms with E-state index in [4.69, 9.17) is 0 Å². The number of thiophene rings is 1. The monoisotopic (exact) mass is 289 g/mol. The molecule has 0 bridgehead atoms. The van der Waals surface area contributed by atoms with E-state index in [0.717, 1.165) is 17.6 Å². The highest BCUT2D eigenvalue weighted by atomic mass is 79.9. The van der Waals surface area contributed by atoms with Crippen molar-refractivity contribution in [3.8, 4) is 0 Å². The number of aliphatic hydroxyl groups is 1. The van der Waals surface area contributed by atoms with Crippen LogP contribution in [0.1, 0.15) is 23.6 Å². The quantitative estimate of drug-likeness (QED) is 0.897. The molecule has 84 valence electrons. The van der Waals surface area contributed by atoms with Gasteiger partial charge in [-0.05, 0) is 53.8 Å². The molecule has 2 N–H and O–H groups in total. The molecule has 2 heterocycles. The predicted molar refractivity (Wildman–Crippen MR) is 67.4 cm³/mol. The van der Waals surface area contributed by atoms with Crippen LogP contribution in [-0.4, -0.2) is 24.8 Å². The summed E-state index contributed by atoms with van der Waals surface area (Å²) in [6.45, 7) is 2.46. The Morgan fingerprint density at radius 1 is 1.53 bits per heavy atom. The van der Waals surface area contributed by atoms with Crippen LogP contribution in [0.4, 0.5) is 0 Å². The fourth-order valence-corrected chi connectivity index (χ4v) is 3.87. The molecule has 0 aliphatic carbocycles. The van der Waals surface area contributed by atoms with Gasteiger partial charge in [-0.3, -0.25) is 0 Å². The third-order valence-corrected chi connectivity index (χ3v) is 4.93. The Morgan fingerprint density at radius 3 is 2.80 bits per heavy atom. The third-order valence-electron chi connectivity index (χ3n) is 3.10. The zero-order valence-corrected chi connectivity index (χ0v) is 11.0. The van der Waals surface area contributed by atoms with E-state index in [1.807, 2.05) is 0 Å². The number of hydrogen-bond donors (Lipinski definition) is 2.